The van der Waals surface area contributed by atoms with Crippen LogP contribution in [0.15, 0.2) is 41.3 Å². The molecule has 0 saturated carbocycles. The largest absolute Gasteiger partial charge is 0.365 e. The Morgan fingerprint density at radius 1 is 1.37 bits per heavy atom. The zero-order valence-electron chi connectivity index (χ0n) is 14.4. The van der Waals surface area contributed by atoms with Crippen molar-refractivity contribution in [1.29, 1.82) is 0 Å². The number of primary amides is 1. The number of hydrogen-bond donors (Lipinski definition) is 3. The zero-order chi connectivity index (χ0) is 19.4. The molecule has 0 fully saturated rings. The number of aryl methyl sites for hydroxylation is 1. The minimum atomic E-state index is -0.685. The Hall–Kier alpha value is -3.01. The highest BCUT2D eigenvalue weighted by atomic mass is 79.9. The highest BCUT2D eigenvalue weighted by Gasteiger charge is 2.14. The second kappa shape index (κ2) is 8.12. The number of carbonyl (C=O) groups is 1. The third kappa shape index (κ3) is 4.40. The highest BCUT2D eigenvalue weighted by molar-refractivity contribution is 9.10. The molecule has 0 atom stereocenters. The molecule has 4 N–H and O–H groups in total. The first kappa shape index (κ1) is 18.8. The van der Waals surface area contributed by atoms with E-state index in [2.05, 4.69) is 41.6 Å². The van der Waals surface area contributed by atoms with Crippen LogP contribution in [0.2, 0.25) is 0 Å². The van der Waals surface area contributed by atoms with Gasteiger partial charge in [-0.15, -0.1) is 0 Å². The van der Waals surface area contributed by atoms with Gasteiger partial charge in [0, 0.05) is 35.5 Å². The van der Waals surface area contributed by atoms with E-state index in [1.807, 2.05) is 6.92 Å². The van der Waals surface area contributed by atoms with Gasteiger partial charge in [-0.1, -0.05) is 22.0 Å². The van der Waals surface area contributed by atoms with E-state index >= 15 is 0 Å². The van der Waals surface area contributed by atoms with Gasteiger partial charge in [-0.3, -0.25) is 9.48 Å². The Bertz CT molecular complexity index is 955. The maximum absolute atomic E-state index is 14.0. The Labute approximate surface area is 163 Å². The third-order valence-electron chi connectivity index (χ3n) is 3.76. The fourth-order valence-electron chi connectivity index (χ4n) is 2.36. The predicted molar refractivity (Wildman–Crippen MR) is 103 cm³/mol. The molecule has 8 nitrogen and oxygen atoms in total. The molecule has 2 aromatic heterocycles. The van der Waals surface area contributed by atoms with Crippen LogP contribution < -0.4 is 16.4 Å². The molecule has 0 saturated heterocycles. The molecule has 140 valence electrons. The second-order valence-corrected chi connectivity index (χ2v) is 6.44. The molecular formula is C17H17BrFN7O. The summed E-state index contributed by atoms with van der Waals surface area (Å²) < 4.78 is 16.4. The summed E-state index contributed by atoms with van der Waals surface area (Å²) in [5.41, 5.74) is 6.61. The third-order valence-corrected chi connectivity index (χ3v) is 4.50. The van der Waals surface area contributed by atoms with Gasteiger partial charge < -0.3 is 16.4 Å². The molecule has 2 heterocycles. The van der Waals surface area contributed by atoms with Gasteiger partial charge in [0.25, 0.3) is 5.91 Å². The van der Waals surface area contributed by atoms with Crippen molar-refractivity contribution in [3.05, 3.63) is 58.2 Å². The van der Waals surface area contributed by atoms with Crippen LogP contribution in [0.25, 0.3) is 0 Å². The fraction of sp³-hybridized carbons (Fsp3) is 0.176. The molecule has 0 radical (unpaired) electrons. The molecule has 10 heteroatoms. The van der Waals surface area contributed by atoms with E-state index in [0.29, 0.717) is 15.7 Å². The van der Waals surface area contributed by atoms with Crippen molar-refractivity contribution in [2.24, 2.45) is 5.73 Å². The molecule has 0 aliphatic rings. The molecule has 27 heavy (non-hydrogen) atoms. The molecule has 1 aromatic carbocycles. The van der Waals surface area contributed by atoms with E-state index in [-0.39, 0.29) is 29.7 Å². The number of carbonyl (C=O) groups excluding carboxylic acids is 1. The number of aromatic nitrogens is 4. The summed E-state index contributed by atoms with van der Waals surface area (Å²) in [5, 5.41) is 10.1. The Balaban J connectivity index is 1.84. The number of halogens is 2. The van der Waals surface area contributed by atoms with Crippen LogP contribution in [0.1, 0.15) is 22.8 Å². The zero-order valence-corrected chi connectivity index (χ0v) is 16.0. The van der Waals surface area contributed by atoms with Gasteiger partial charge in [0.15, 0.2) is 0 Å². The van der Waals surface area contributed by atoms with Crippen molar-refractivity contribution in [3.63, 3.8) is 0 Å². The summed E-state index contributed by atoms with van der Waals surface area (Å²) in [4.78, 5) is 20.1. The van der Waals surface area contributed by atoms with Crippen LogP contribution in [0.5, 0.6) is 0 Å². The molecule has 0 aliphatic carbocycles. The van der Waals surface area contributed by atoms with Crippen molar-refractivity contribution in [2.75, 3.05) is 10.6 Å². The normalized spacial score (nSPS) is 10.6. The van der Waals surface area contributed by atoms with Crippen molar-refractivity contribution < 1.29 is 9.18 Å². The minimum absolute atomic E-state index is 0.109. The lowest BCUT2D eigenvalue weighted by Crippen LogP contribution is -2.17. The van der Waals surface area contributed by atoms with Gasteiger partial charge in [0.2, 0.25) is 5.95 Å². The quantitative estimate of drug-likeness (QED) is 0.527. The monoisotopic (exact) mass is 433 g/mol. The summed E-state index contributed by atoms with van der Waals surface area (Å²) in [6.45, 7) is 2.81. The Morgan fingerprint density at radius 3 is 2.85 bits per heavy atom. The fourth-order valence-corrected chi connectivity index (χ4v) is 2.84. The maximum Gasteiger partial charge on any atom is 0.254 e. The molecule has 0 spiro atoms. The summed E-state index contributed by atoms with van der Waals surface area (Å²) >= 11 is 3.31. The van der Waals surface area contributed by atoms with Crippen molar-refractivity contribution in [3.8, 4) is 0 Å². The van der Waals surface area contributed by atoms with E-state index in [0.717, 1.165) is 6.54 Å². The highest BCUT2D eigenvalue weighted by Crippen LogP contribution is 2.22. The van der Waals surface area contributed by atoms with Crippen LogP contribution in [-0.4, -0.2) is 25.7 Å². The van der Waals surface area contributed by atoms with E-state index in [1.54, 1.807) is 29.2 Å². The number of nitrogens with two attached hydrogens (primary N) is 1. The van der Waals surface area contributed by atoms with Gasteiger partial charge in [-0.25, -0.2) is 9.37 Å². The average molecular weight is 434 g/mol. The van der Waals surface area contributed by atoms with E-state index in [9.17, 15) is 9.18 Å². The lowest BCUT2D eigenvalue weighted by Gasteiger charge is -2.12. The van der Waals surface area contributed by atoms with E-state index < -0.39 is 5.91 Å². The number of nitrogens with zero attached hydrogens (tertiary/aromatic N) is 4. The lowest BCUT2D eigenvalue weighted by atomic mass is 10.2. The average Bonchev–Trinajstić information content (AvgIpc) is 3.09. The molecule has 0 unspecified atom stereocenters. The molecular weight excluding hydrogens is 417 g/mol. The van der Waals surface area contributed by atoms with Gasteiger partial charge in [0.05, 0.1) is 17.4 Å². The van der Waals surface area contributed by atoms with Crippen molar-refractivity contribution >= 4 is 39.3 Å². The van der Waals surface area contributed by atoms with Crippen LogP contribution in [0.4, 0.5) is 21.8 Å². The topological polar surface area (TPSA) is 111 Å². The molecule has 0 bridgehead atoms. The molecule has 3 rings (SSSR count). The first-order valence-corrected chi connectivity index (χ1v) is 8.90. The molecule has 0 aliphatic heterocycles. The Kier molecular flexibility index (Phi) is 5.65. The number of anilines is 3. The smallest absolute Gasteiger partial charge is 0.254 e. The molecule has 1 amide bonds. The van der Waals surface area contributed by atoms with E-state index in [1.165, 1.54) is 12.3 Å². The number of nitrogens with one attached hydrogen (secondary N) is 2. The Morgan fingerprint density at radius 2 is 2.19 bits per heavy atom. The summed E-state index contributed by atoms with van der Waals surface area (Å²) in [6, 6.07) is 4.68. The van der Waals surface area contributed by atoms with Gasteiger partial charge in [-0.2, -0.15) is 10.1 Å². The number of amides is 1. The van der Waals surface area contributed by atoms with Gasteiger partial charge >= 0.3 is 0 Å². The summed E-state index contributed by atoms with van der Waals surface area (Å²) in [6.07, 6.45) is 4.76. The van der Waals surface area contributed by atoms with Crippen molar-refractivity contribution in [2.45, 2.75) is 20.0 Å². The predicted octanol–water partition coefficient (Wildman–Crippen LogP) is 3.05. The molecule has 3 aromatic rings. The first-order chi connectivity index (χ1) is 13.0. The maximum atomic E-state index is 14.0. The summed E-state index contributed by atoms with van der Waals surface area (Å²) in [7, 11) is 0. The van der Waals surface area contributed by atoms with Gasteiger partial charge in [-0.05, 0) is 19.1 Å². The SMILES string of the molecule is CCn1cc(Nc2ncc(C(N)=O)c(NCc3c(F)cccc3Br)n2)cn1. The van der Waals surface area contributed by atoms with Crippen LogP contribution in [0, 0.1) is 5.82 Å². The lowest BCUT2D eigenvalue weighted by molar-refractivity contribution is 0.100. The number of hydrogen-bond acceptors (Lipinski definition) is 6. The summed E-state index contributed by atoms with van der Waals surface area (Å²) in [5.74, 6) is -0.601. The van der Waals surface area contributed by atoms with E-state index in [4.69, 9.17) is 5.73 Å². The number of rotatable bonds is 7. The van der Waals surface area contributed by atoms with Crippen LogP contribution >= 0.6 is 15.9 Å². The standard InChI is InChI=1S/C17H17BrFN7O/c1-2-26-9-10(6-23-26)24-17-22-8-12(15(20)27)16(25-17)21-7-11-13(18)4-3-5-14(11)19/h3-6,8-9H,2,7H2,1H3,(H2,20,27)(H2,21,22,24,25). The minimum Gasteiger partial charge on any atom is -0.365 e. The van der Waals surface area contributed by atoms with Crippen LogP contribution in [-0.2, 0) is 13.1 Å². The van der Waals surface area contributed by atoms with Crippen molar-refractivity contribution in [1.82, 2.24) is 19.7 Å². The second-order valence-electron chi connectivity index (χ2n) is 5.58. The van der Waals surface area contributed by atoms with Gasteiger partial charge in [0.1, 0.15) is 11.6 Å². The first-order valence-electron chi connectivity index (χ1n) is 8.11. The number of benzene rings is 1. The van der Waals surface area contributed by atoms with Crippen LogP contribution in [0.3, 0.4) is 0 Å².